The summed E-state index contributed by atoms with van der Waals surface area (Å²) >= 11 is 11.1. The number of nitrogens with one attached hydrogen (secondary N) is 1. The molecule has 0 atom stereocenters. The van der Waals surface area contributed by atoms with Crippen LogP contribution in [0.1, 0.15) is 26.7 Å². The number of halogens is 3. The molecule has 0 aromatic heterocycles. The summed E-state index contributed by atoms with van der Waals surface area (Å²) in [5, 5.41) is 4.39. The molecule has 0 spiro atoms. The highest BCUT2D eigenvalue weighted by Crippen LogP contribution is 2.37. The molecule has 0 saturated heterocycles. The molecule has 0 saturated carbocycles. The lowest BCUT2D eigenvalue weighted by Crippen LogP contribution is -2.24. The summed E-state index contributed by atoms with van der Waals surface area (Å²) in [5.41, 5.74) is 0.684. The fourth-order valence-electron chi connectivity index (χ4n) is 1.93. The highest BCUT2D eigenvalue weighted by Gasteiger charge is 2.32. The molecular formula is C13H15BrClFN2S. The zero-order valence-corrected chi connectivity index (χ0v) is 13.9. The minimum Gasteiger partial charge on any atom is -0.333 e. The lowest BCUT2D eigenvalue weighted by molar-refractivity contribution is 0.456. The van der Waals surface area contributed by atoms with Gasteiger partial charge in [0.15, 0.2) is 5.17 Å². The summed E-state index contributed by atoms with van der Waals surface area (Å²) in [4.78, 5) is 4.75. The second-order valence-electron chi connectivity index (χ2n) is 4.51. The summed E-state index contributed by atoms with van der Waals surface area (Å²) in [6.07, 6.45) is 2.03. The summed E-state index contributed by atoms with van der Waals surface area (Å²) in [5.74, 6) is 0.610. The van der Waals surface area contributed by atoms with Gasteiger partial charge in [0, 0.05) is 10.2 Å². The quantitative estimate of drug-likeness (QED) is 0.784. The Morgan fingerprint density at radius 1 is 1.47 bits per heavy atom. The van der Waals surface area contributed by atoms with Crippen molar-refractivity contribution in [2.24, 2.45) is 4.99 Å². The van der Waals surface area contributed by atoms with Gasteiger partial charge in [0.1, 0.15) is 5.82 Å². The van der Waals surface area contributed by atoms with Crippen LogP contribution in [0.4, 0.5) is 10.1 Å². The van der Waals surface area contributed by atoms with Gasteiger partial charge in [-0.1, -0.05) is 37.2 Å². The van der Waals surface area contributed by atoms with Crippen molar-refractivity contribution in [2.75, 3.05) is 11.1 Å². The number of rotatable bonds is 3. The largest absolute Gasteiger partial charge is 0.333 e. The maximum Gasteiger partial charge on any atom is 0.161 e. The van der Waals surface area contributed by atoms with Gasteiger partial charge < -0.3 is 5.32 Å². The Bertz CT molecular complexity index is 494. The number of thioether (sulfide) groups is 1. The molecule has 0 fully saturated rings. The Labute approximate surface area is 130 Å². The van der Waals surface area contributed by atoms with Gasteiger partial charge in [-0.05, 0) is 40.9 Å². The van der Waals surface area contributed by atoms with Crippen LogP contribution in [0, 0.1) is 5.82 Å². The number of hydrogen-bond donors (Lipinski definition) is 1. The average molecular weight is 366 g/mol. The van der Waals surface area contributed by atoms with Crippen molar-refractivity contribution < 1.29 is 4.39 Å². The van der Waals surface area contributed by atoms with E-state index in [9.17, 15) is 4.39 Å². The molecule has 2 rings (SSSR count). The third-order valence-corrected chi connectivity index (χ3v) is 5.44. The monoisotopic (exact) mass is 364 g/mol. The summed E-state index contributed by atoms with van der Waals surface area (Å²) < 4.78 is 13.8. The van der Waals surface area contributed by atoms with E-state index in [1.807, 2.05) is 0 Å². The molecular weight excluding hydrogens is 351 g/mol. The van der Waals surface area contributed by atoms with Crippen LogP contribution in [0.15, 0.2) is 21.6 Å². The van der Waals surface area contributed by atoms with Gasteiger partial charge in [-0.25, -0.2) is 4.39 Å². The van der Waals surface area contributed by atoms with E-state index in [0.29, 0.717) is 15.2 Å². The van der Waals surface area contributed by atoms with Gasteiger partial charge >= 0.3 is 0 Å². The van der Waals surface area contributed by atoms with Crippen molar-refractivity contribution in [1.82, 2.24) is 0 Å². The first-order chi connectivity index (χ1) is 8.99. The van der Waals surface area contributed by atoms with Gasteiger partial charge in [0.2, 0.25) is 0 Å². The number of anilines is 1. The maximum atomic E-state index is 13.2. The number of nitrogens with zero attached hydrogens (tertiary/aromatic N) is 1. The van der Waals surface area contributed by atoms with E-state index in [-0.39, 0.29) is 11.4 Å². The first-order valence-corrected chi connectivity index (χ1v) is 8.29. The fraction of sp³-hybridized carbons (Fsp3) is 0.462. The molecule has 1 N–H and O–H groups in total. The summed E-state index contributed by atoms with van der Waals surface area (Å²) in [6, 6.07) is 2.68. The molecule has 19 heavy (non-hydrogen) atoms. The minimum atomic E-state index is -0.361. The highest BCUT2D eigenvalue weighted by molar-refractivity contribution is 9.10. The predicted octanol–water partition coefficient (Wildman–Crippen LogP) is 5.32. The van der Waals surface area contributed by atoms with Gasteiger partial charge in [0.05, 0.1) is 16.2 Å². The lowest BCUT2D eigenvalue weighted by atomic mass is 9.97. The first-order valence-electron chi connectivity index (χ1n) is 6.14. The minimum absolute atomic E-state index is 0.0198. The van der Waals surface area contributed by atoms with Gasteiger partial charge in [-0.2, -0.15) is 0 Å². The Hall–Kier alpha value is -0.260. The van der Waals surface area contributed by atoms with Crippen LogP contribution in [0.5, 0.6) is 0 Å². The highest BCUT2D eigenvalue weighted by atomic mass is 79.9. The van der Waals surface area contributed by atoms with E-state index in [0.717, 1.165) is 23.8 Å². The third kappa shape index (κ3) is 3.26. The first kappa shape index (κ1) is 15.1. The molecule has 1 aromatic rings. The molecule has 0 aliphatic carbocycles. The molecule has 1 heterocycles. The Morgan fingerprint density at radius 2 is 2.16 bits per heavy atom. The van der Waals surface area contributed by atoms with Crippen LogP contribution in [-0.2, 0) is 0 Å². The van der Waals surface area contributed by atoms with Crippen LogP contribution in [-0.4, -0.2) is 16.5 Å². The van der Waals surface area contributed by atoms with Crippen LogP contribution in [0.3, 0.4) is 0 Å². The van der Waals surface area contributed by atoms with Gasteiger partial charge in [-0.15, -0.1) is 0 Å². The molecule has 104 valence electrons. The zero-order chi connectivity index (χ0) is 14.0. The maximum absolute atomic E-state index is 13.2. The second-order valence-corrected chi connectivity index (χ2v) is 6.73. The SMILES string of the molecule is CCC1(CC)CSC(Nc2c(Cl)cc(F)cc2Br)=N1. The van der Waals surface area contributed by atoms with Crippen molar-refractivity contribution in [3.05, 3.63) is 27.4 Å². The van der Waals surface area contributed by atoms with Crippen molar-refractivity contribution in [1.29, 1.82) is 0 Å². The van der Waals surface area contributed by atoms with E-state index in [2.05, 4.69) is 35.1 Å². The van der Waals surface area contributed by atoms with Crippen LogP contribution in [0.2, 0.25) is 5.02 Å². The second kappa shape index (κ2) is 6.02. The summed E-state index contributed by atoms with van der Waals surface area (Å²) in [7, 11) is 0. The predicted molar refractivity (Wildman–Crippen MR) is 85.9 cm³/mol. The molecule has 0 radical (unpaired) electrons. The van der Waals surface area contributed by atoms with Gasteiger partial charge in [0.25, 0.3) is 0 Å². The molecule has 1 aliphatic rings. The molecule has 0 bridgehead atoms. The van der Waals surface area contributed by atoms with Gasteiger partial charge in [-0.3, -0.25) is 4.99 Å². The van der Waals surface area contributed by atoms with Crippen LogP contribution >= 0.6 is 39.3 Å². The normalized spacial score (nSPS) is 17.4. The van der Waals surface area contributed by atoms with Crippen LogP contribution < -0.4 is 5.32 Å². The van der Waals surface area contributed by atoms with E-state index in [4.69, 9.17) is 16.6 Å². The topological polar surface area (TPSA) is 24.4 Å². The fourth-order valence-corrected chi connectivity index (χ4v) is 4.14. The van der Waals surface area contributed by atoms with Crippen molar-refractivity contribution in [3.8, 4) is 0 Å². The Kier molecular flexibility index (Phi) is 4.79. The lowest BCUT2D eigenvalue weighted by Gasteiger charge is -2.20. The summed E-state index contributed by atoms with van der Waals surface area (Å²) in [6.45, 7) is 4.30. The van der Waals surface area contributed by atoms with E-state index in [1.54, 1.807) is 11.8 Å². The standard InChI is InChI=1S/C13H15BrClFN2S/c1-3-13(4-2)7-19-12(18-13)17-11-9(14)5-8(16)6-10(11)15/h5-6H,3-4,7H2,1-2H3,(H,17,18). The molecule has 6 heteroatoms. The molecule has 2 nitrogen and oxygen atoms in total. The number of amidine groups is 1. The van der Waals surface area contributed by atoms with E-state index < -0.39 is 0 Å². The van der Waals surface area contributed by atoms with Crippen molar-refractivity contribution in [2.45, 2.75) is 32.2 Å². The average Bonchev–Trinajstić information content (AvgIpc) is 2.78. The zero-order valence-electron chi connectivity index (χ0n) is 10.8. The van der Waals surface area contributed by atoms with Crippen molar-refractivity contribution >= 4 is 50.1 Å². The number of hydrogen-bond acceptors (Lipinski definition) is 3. The van der Waals surface area contributed by atoms with E-state index in [1.165, 1.54) is 12.1 Å². The molecule has 1 aromatic carbocycles. The van der Waals surface area contributed by atoms with Crippen LogP contribution in [0.25, 0.3) is 0 Å². The molecule has 0 unspecified atom stereocenters. The number of benzene rings is 1. The number of aliphatic imine (C=N–C) groups is 1. The Morgan fingerprint density at radius 3 is 2.68 bits per heavy atom. The smallest absolute Gasteiger partial charge is 0.161 e. The van der Waals surface area contributed by atoms with Crippen molar-refractivity contribution in [3.63, 3.8) is 0 Å². The molecule has 1 aliphatic heterocycles. The van der Waals surface area contributed by atoms with E-state index >= 15 is 0 Å². The molecule has 0 amide bonds. The third-order valence-electron chi connectivity index (χ3n) is 3.37. The Balaban J connectivity index is 2.24.